The summed E-state index contributed by atoms with van der Waals surface area (Å²) >= 11 is 0. The fraction of sp³-hybridized carbons (Fsp3) is 0.714. The van der Waals surface area contributed by atoms with Crippen LogP contribution >= 0.6 is 0 Å². The van der Waals surface area contributed by atoms with Gasteiger partial charge in [-0.3, -0.25) is 24.0 Å². The van der Waals surface area contributed by atoms with Crippen molar-refractivity contribution in [1.29, 1.82) is 0 Å². The minimum atomic E-state index is -0.293. The number of amides is 3. The highest BCUT2D eigenvalue weighted by Crippen LogP contribution is 2.16. The summed E-state index contributed by atoms with van der Waals surface area (Å²) in [6, 6.07) is 0. The topological polar surface area (TPSA) is 187 Å². The first-order valence-corrected chi connectivity index (χ1v) is 14.4. The SMILES string of the molecule is CC(=O)NCCOCCOCC(=O)NCCOCCOCC(=O)NCCCC[C@H](CC(=O)CCc1cnc[nH]1)C(C)=O. The van der Waals surface area contributed by atoms with Crippen LogP contribution in [0.1, 0.15) is 51.6 Å². The predicted molar refractivity (Wildman–Crippen MR) is 153 cm³/mol. The molecule has 1 heterocycles. The molecule has 238 valence electrons. The number of ether oxygens (including phenoxy) is 4. The van der Waals surface area contributed by atoms with Crippen molar-refractivity contribution in [2.75, 3.05) is 72.5 Å². The summed E-state index contributed by atoms with van der Waals surface area (Å²) in [6.07, 6.45) is 6.50. The van der Waals surface area contributed by atoms with Crippen molar-refractivity contribution in [3.05, 3.63) is 18.2 Å². The van der Waals surface area contributed by atoms with Gasteiger partial charge in [0.15, 0.2) is 0 Å². The fourth-order valence-corrected chi connectivity index (χ4v) is 3.70. The zero-order chi connectivity index (χ0) is 30.8. The van der Waals surface area contributed by atoms with E-state index in [2.05, 4.69) is 25.9 Å². The second-order valence-electron chi connectivity index (χ2n) is 9.64. The van der Waals surface area contributed by atoms with Crippen LogP contribution in [0.15, 0.2) is 12.5 Å². The van der Waals surface area contributed by atoms with E-state index in [4.69, 9.17) is 18.9 Å². The average molecular weight is 598 g/mol. The number of carbonyl (C=O) groups excluding carboxylic acids is 5. The highest BCUT2D eigenvalue weighted by molar-refractivity contribution is 5.86. The van der Waals surface area contributed by atoms with Gasteiger partial charge in [0.25, 0.3) is 0 Å². The Balaban J connectivity index is 1.92. The van der Waals surface area contributed by atoms with Crippen LogP contribution < -0.4 is 16.0 Å². The van der Waals surface area contributed by atoms with Gasteiger partial charge < -0.3 is 39.9 Å². The van der Waals surface area contributed by atoms with Crippen molar-refractivity contribution < 1.29 is 42.9 Å². The smallest absolute Gasteiger partial charge is 0.246 e. The maximum absolute atomic E-state index is 12.2. The monoisotopic (exact) mass is 597 g/mol. The number of hydrogen-bond donors (Lipinski definition) is 4. The number of carbonyl (C=O) groups is 5. The molecule has 0 bridgehead atoms. The Morgan fingerprint density at radius 3 is 1.95 bits per heavy atom. The zero-order valence-corrected chi connectivity index (χ0v) is 24.9. The van der Waals surface area contributed by atoms with E-state index < -0.39 is 0 Å². The second kappa shape index (κ2) is 24.4. The number of Topliss-reactive ketones (excluding diaryl/α,β-unsaturated/α-hetero) is 2. The number of aromatic amines is 1. The first-order chi connectivity index (χ1) is 20.3. The number of aryl methyl sites for hydroxylation is 1. The highest BCUT2D eigenvalue weighted by Gasteiger charge is 2.18. The number of unbranched alkanes of at least 4 members (excludes halogenated alkanes) is 1. The van der Waals surface area contributed by atoms with Crippen LogP contribution in [0.3, 0.4) is 0 Å². The summed E-state index contributed by atoms with van der Waals surface area (Å²) in [5.74, 6) is -0.843. The molecular weight excluding hydrogens is 550 g/mol. The third kappa shape index (κ3) is 21.5. The first kappa shape index (κ1) is 36.8. The molecule has 0 aliphatic carbocycles. The molecule has 0 saturated carbocycles. The van der Waals surface area contributed by atoms with Gasteiger partial charge in [-0.2, -0.15) is 0 Å². The van der Waals surface area contributed by atoms with Crippen LogP contribution in [-0.4, -0.2) is 112 Å². The maximum Gasteiger partial charge on any atom is 0.246 e. The lowest BCUT2D eigenvalue weighted by molar-refractivity contribution is -0.127. The van der Waals surface area contributed by atoms with Crippen molar-refractivity contribution >= 4 is 29.3 Å². The van der Waals surface area contributed by atoms with Crippen molar-refractivity contribution in [2.24, 2.45) is 5.92 Å². The van der Waals surface area contributed by atoms with Gasteiger partial charge >= 0.3 is 0 Å². The van der Waals surface area contributed by atoms with Crippen molar-refractivity contribution in [2.45, 2.75) is 52.4 Å². The summed E-state index contributed by atoms with van der Waals surface area (Å²) in [6.45, 7) is 5.78. The minimum absolute atomic E-state index is 0.00962. The number of nitrogens with one attached hydrogen (secondary N) is 4. The van der Waals surface area contributed by atoms with Gasteiger partial charge in [-0.1, -0.05) is 6.42 Å². The van der Waals surface area contributed by atoms with E-state index in [1.807, 2.05) is 0 Å². The molecule has 1 aromatic heterocycles. The Bertz CT molecular complexity index is 912. The van der Waals surface area contributed by atoms with E-state index >= 15 is 0 Å². The molecule has 4 N–H and O–H groups in total. The summed E-state index contributed by atoms with van der Waals surface area (Å²) in [5.41, 5.74) is 0.898. The van der Waals surface area contributed by atoms with Gasteiger partial charge in [0.1, 0.15) is 24.8 Å². The van der Waals surface area contributed by atoms with E-state index in [9.17, 15) is 24.0 Å². The molecule has 1 aromatic rings. The summed E-state index contributed by atoms with van der Waals surface area (Å²) in [5, 5.41) is 8.04. The fourth-order valence-electron chi connectivity index (χ4n) is 3.70. The third-order valence-electron chi connectivity index (χ3n) is 5.98. The Morgan fingerprint density at radius 1 is 0.786 bits per heavy atom. The van der Waals surface area contributed by atoms with Crippen molar-refractivity contribution in [3.63, 3.8) is 0 Å². The largest absolute Gasteiger partial charge is 0.377 e. The molecule has 42 heavy (non-hydrogen) atoms. The first-order valence-electron chi connectivity index (χ1n) is 14.4. The van der Waals surface area contributed by atoms with E-state index in [1.54, 1.807) is 12.5 Å². The van der Waals surface area contributed by atoms with E-state index in [0.29, 0.717) is 65.1 Å². The molecule has 1 atom stereocenters. The molecule has 14 nitrogen and oxygen atoms in total. The van der Waals surface area contributed by atoms with E-state index in [-0.39, 0.29) is 74.7 Å². The van der Waals surface area contributed by atoms with Crippen LogP contribution in [0.4, 0.5) is 0 Å². The van der Waals surface area contributed by atoms with Gasteiger partial charge in [-0.25, -0.2) is 4.98 Å². The molecular formula is C28H47N5O9. The molecule has 3 amide bonds. The van der Waals surface area contributed by atoms with Crippen molar-refractivity contribution in [1.82, 2.24) is 25.9 Å². The molecule has 0 saturated heterocycles. The van der Waals surface area contributed by atoms with Gasteiger partial charge in [0, 0.05) is 57.2 Å². The van der Waals surface area contributed by atoms with Crippen LogP contribution in [-0.2, 0) is 49.3 Å². The van der Waals surface area contributed by atoms with Gasteiger partial charge in [0.05, 0.1) is 46.0 Å². The molecule has 0 aliphatic rings. The number of rotatable bonds is 27. The number of ketones is 2. The molecule has 0 aliphatic heterocycles. The van der Waals surface area contributed by atoms with Crippen LogP contribution in [0.25, 0.3) is 0 Å². The number of nitrogens with zero attached hydrogens (tertiary/aromatic N) is 1. The number of H-pyrrole nitrogens is 1. The van der Waals surface area contributed by atoms with Gasteiger partial charge in [-0.05, 0) is 26.2 Å². The Labute approximate surface area is 247 Å². The number of imidazole rings is 1. The maximum atomic E-state index is 12.2. The normalized spacial score (nSPS) is 11.6. The Kier molecular flexibility index (Phi) is 21.4. The lowest BCUT2D eigenvalue weighted by atomic mass is 9.91. The zero-order valence-electron chi connectivity index (χ0n) is 24.9. The average Bonchev–Trinajstić information content (AvgIpc) is 3.47. The molecule has 0 radical (unpaired) electrons. The Morgan fingerprint density at radius 2 is 1.38 bits per heavy atom. The van der Waals surface area contributed by atoms with Gasteiger partial charge in [-0.15, -0.1) is 0 Å². The predicted octanol–water partition coefficient (Wildman–Crippen LogP) is 0.112. The van der Waals surface area contributed by atoms with Gasteiger partial charge in [0.2, 0.25) is 17.7 Å². The minimum Gasteiger partial charge on any atom is -0.377 e. The number of hydrogen-bond acceptors (Lipinski definition) is 10. The van der Waals surface area contributed by atoms with Crippen LogP contribution in [0, 0.1) is 5.92 Å². The lowest BCUT2D eigenvalue weighted by Gasteiger charge is -2.13. The molecule has 1 rings (SSSR count). The summed E-state index contributed by atoms with van der Waals surface area (Å²) < 4.78 is 21.1. The third-order valence-corrected chi connectivity index (χ3v) is 5.98. The number of aromatic nitrogens is 2. The highest BCUT2D eigenvalue weighted by atomic mass is 16.5. The Hall–Kier alpha value is -3.20. The quantitative estimate of drug-likeness (QED) is 0.101. The van der Waals surface area contributed by atoms with Crippen molar-refractivity contribution in [3.8, 4) is 0 Å². The summed E-state index contributed by atoms with van der Waals surface area (Å²) in [7, 11) is 0. The molecule has 0 fully saturated rings. The standard InChI is InChI=1S/C28H47N5O9/c1-22(34)24(17-26(36)7-6-25-18-29-21-33-25)5-3-4-8-31-27(37)19-41-16-14-40-12-10-32-28(38)20-42-15-13-39-11-9-30-23(2)35/h18,21,24H,3-17,19-20H2,1-2H3,(H,29,33)(H,30,35)(H,31,37)(H,32,38)/t24-/m1/s1. The van der Waals surface area contributed by atoms with E-state index in [0.717, 1.165) is 12.1 Å². The lowest BCUT2D eigenvalue weighted by Crippen LogP contribution is -2.31. The molecule has 0 spiro atoms. The summed E-state index contributed by atoms with van der Waals surface area (Å²) in [4.78, 5) is 65.4. The molecule has 0 unspecified atom stereocenters. The van der Waals surface area contributed by atoms with E-state index in [1.165, 1.54) is 13.8 Å². The second-order valence-corrected chi connectivity index (χ2v) is 9.64. The molecule has 0 aromatic carbocycles. The molecule has 14 heteroatoms. The van der Waals surface area contributed by atoms with Crippen LogP contribution in [0.2, 0.25) is 0 Å². The van der Waals surface area contributed by atoms with Crippen LogP contribution in [0.5, 0.6) is 0 Å².